The molecule has 3 fully saturated rings. The molecule has 4 heteroatoms. The normalized spacial score (nSPS) is 45.1. The highest BCUT2D eigenvalue weighted by Crippen LogP contribution is 2.49. The number of allylic oxidation sites excluding steroid dienone is 1. The number of rotatable bonds is 3. The monoisotopic (exact) mass is 329 g/mol. The lowest BCUT2D eigenvalue weighted by atomic mass is 9.72. The lowest BCUT2D eigenvalue weighted by molar-refractivity contribution is 0.309. The molecule has 0 aromatic rings. The van der Waals surface area contributed by atoms with Crippen molar-refractivity contribution < 1.29 is 4.21 Å². The van der Waals surface area contributed by atoms with Crippen LogP contribution in [0.15, 0.2) is 11.6 Å². The van der Waals surface area contributed by atoms with Crippen LogP contribution < -0.4 is 5.32 Å². The fourth-order valence-electron chi connectivity index (χ4n) is 4.66. The molecule has 1 heterocycles. The summed E-state index contributed by atoms with van der Waals surface area (Å²) in [5.74, 6) is 1.08. The van der Waals surface area contributed by atoms with Crippen LogP contribution in [0.4, 0.5) is 0 Å². The summed E-state index contributed by atoms with van der Waals surface area (Å²) in [6.45, 7) is 1.03. The minimum absolute atomic E-state index is 0.288. The molecule has 2 aliphatic carbocycles. The molecule has 0 aromatic carbocycles. The molecular formula is C17H28ClNOS. The number of nitrogens with one attached hydrogen (secondary N) is 1. The Morgan fingerprint density at radius 3 is 2.76 bits per heavy atom. The predicted molar refractivity (Wildman–Crippen MR) is 91.3 cm³/mol. The van der Waals surface area contributed by atoms with Gasteiger partial charge in [-0.3, -0.25) is 4.21 Å². The maximum atomic E-state index is 13.0. The maximum Gasteiger partial charge on any atom is 0.0417 e. The first kappa shape index (κ1) is 16.0. The van der Waals surface area contributed by atoms with Crippen molar-refractivity contribution in [1.29, 1.82) is 0 Å². The van der Waals surface area contributed by atoms with Gasteiger partial charge in [-0.2, -0.15) is 0 Å². The van der Waals surface area contributed by atoms with Gasteiger partial charge in [0.1, 0.15) is 0 Å². The number of hydrogen-bond acceptors (Lipinski definition) is 2. The largest absolute Gasteiger partial charge is 0.319 e. The molecule has 6 unspecified atom stereocenters. The lowest BCUT2D eigenvalue weighted by Crippen LogP contribution is -2.49. The van der Waals surface area contributed by atoms with Gasteiger partial charge in [-0.15, -0.1) is 11.6 Å². The third-order valence-electron chi connectivity index (χ3n) is 5.65. The second-order valence-electron chi connectivity index (χ2n) is 6.91. The summed E-state index contributed by atoms with van der Waals surface area (Å²) in [6.07, 6.45) is 11.7. The zero-order valence-electron chi connectivity index (χ0n) is 13.0. The third-order valence-corrected chi connectivity index (χ3v) is 8.37. The zero-order valence-corrected chi connectivity index (χ0v) is 14.6. The quantitative estimate of drug-likeness (QED) is 0.487. The van der Waals surface area contributed by atoms with Crippen molar-refractivity contribution in [2.45, 2.75) is 67.2 Å². The molecule has 120 valence electrons. The highest BCUT2D eigenvalue weighted by Gasteiger charge is 2.48. The predicted octanol–water partition coefficient (Wildman–Crippen LogP) is 3.62. The summed E-state index contributed by atoms with van der Waals surface area (Å²) in [6, 6.07) is 0. The first-order valence-corrected chi connectivity index (χ1v) is 10.3. The van der Waals surface area contributed by atoms with Crippen molar-refractivity contribution >= 4 is 22.4 Å². The van der Waals surface area contributed by atoms with Crippen molar-refractivity contribution in [2.24, 2.45) is 11.8 Å². The Labute approximate surface area is 136 Å². The molecule has 1 saturated heterocycles. The van der Waals surface area contributed by atoms with E-state index in [0.29, 0.717) is 22.3 Å². The Balaban J connectivity index is 1.87. The molecule has 2 saturated carbocycles. The van der Waals surface area contributed by atoms with Gasteiger partial charge in [-0.25, -0.2) is 0 Å². The van der Waals surface area contributed by atoms with Gasteiger partial charge >= 0.3 is 0 Å². The van der Waals surface area contributed by atoms with Crippen LogP contribution >= 0.6 is 11.6 Å². The molecule has 3 rings (SSSR count). The van der Waals surface area contributed by atoms with Crippen LogP contribution in [-0.2, 0) is 10.8 Å². The van der Waals surface area contributed by atoms with Crippen LogP contribution in [0.3, 0.4) is 0 Å². The molecule has 0 amide bonds. The minimum atomic E-state index is -0.631. The van der Waals surface area contributed by atoms with Gasteiger partial charge in [-0.1, -0.05) is 24.5 Å². The smallest absolute Gasteiger partial charge is 0.0417 e. The van der Waals surface area contributed by atoms with Gasteiger partial charge in [0.25, 0.3) is 0 Å². The molecule has 0 aromatic heterocycles. The highest BCUT2D eigenvalue weighted by molar-refractivity contribution is 7.86. The average Bonchev–Trinajstić information content (AvgIpc) is 2.50. The van der Waals surface area contributed by atoms with Gasteiger partial charge in [0.2, 0.25) is 0 Å². The molecule has 2 nitrogen and oxygen atoms in total. The van der Waals surface area contributed by atoms with E-state index in [1.807, 2.05) is 7.05 Å². The van der Waals surface area contributed by atoms with Gasteiger partial charge < -0.3 is 5.32 Å². The first-order chi connectivity index (χ1) is 10.2. The molecule has 0 bridgehead atoms. The maximum absolute atomic E-state index is 13.0. The Hall–Kier alpha value is 0.140. The Bertz CT molecular complexity index is 425. The molecular weight excluding hydrogens is 302 g/mol. The van der Waals surface area contributed by atoms with Crippen molar-refractivity contribution in [3.05, 3.63) is 11.6 Å². The summed E-state index contributed by atoms with van der Waals surface area (Å²) in [7, 11) is 1.38. The summed E-state index contributed by atoms with van der Waals surface area (Å²) in [5.41, 5.74) is 1.63. The molecule has 1 aliphatic heterocycles. The second-order valence-corrected chi connectivity index (χ2v) is 9.39. The van der Waals surface area contributed by atoms with Crippen molar-refractivity contribution in [2.75, 3.05) is 13.6 Å². The molecule has 0 spiro atoms. The summed E-state index contributed by atoms with van der Waals surface area (Å²) in [4.78, 5) is 0. The third kappa shape index (κ3) is 3.25. The SMILES string of the molecule is CNCC/C=C1/C2CCCCC2S(=O)C2CCC(Cl)CC12. The van der Waals surface area contributed by atoms with E-state index in [9.17, 15) is 4.21 Å². The molecule has 6 atom stereocenters. The molecule has 21 heavy (non-hydrogen) atoms. The number of halogens is 1. The van der Waals surface area contributed by atoms with E-state index in [0.717, 1.165) is 32.2 Å². The Kier molecular flexibility index (Phi) is 5.45. The minimum Gasteiger partial charge on any atom is -0.319 e. The van der Waals surface area contributed by atoms with Crippen LogP contribution in [0.5, 0.6) is 0 Å². The fourth-order valence-corrected chi connectivity index (χ4v) is 7.41. The van der Waals surface area contributed by atoms with Gasteiger partial charge in [0, 0.05) is 26.7 Å². The second kappa shape index (κ2) is 7.14. The van der Waals surface area contributed by atoms with Crippen LogP contribution in [0.1, 0.15) is 51.4 Å². The zero-order chi connectivity index (χ0) is 14.8. The summed E-state index contributed by atoms with van der Waals surface area (Å²) < 4.78 is 13.0. The van der Waals surface area contributed by atoms with E-state index in [2.05, 4.69) is 11.4 Å². The van der Waals surface area contributed by atoms with Gasteiger partial charge in [-0.05, 0) is 64.0 Å². The van der Waals surface area contributed by atoms with Crippen molar-refractivity contribution in [1.82, 2.24) is 5.32 Å². The van der Waals surface area contributed by atoms with E-state index in [-0.39, 0.29) is 5.38 Å². The van der Waals surface area contributed by atoms with Gasteiger partial charge in [0.15, 0.2) is 0 Å². The summed E-state index contributed by atoms with van der Waals surface area (Å²) >= 11 is 6.45. The van der Waals surface area contributed by atoms with E-state index in [1.165, 1.54) is 25.7 Å². The number of hydrogen-bond donors (Lipinski definition) is 1. The van der Waals surface area contributed by atoms with Crippen LogP contribution in [0.2, 0.25) is 0 Å². The molecule has 0 radical (unpaired) electrons. The standard InChI is InChI=1S/C17H28ClNOS/c1-19-10-4-6-13-14-5-2-3-7-16(14)21(20)17-9-8-12(18)11-15(13)17/h6,12,14-17,19H,2-5,7-11H2,1H3/b13-6-. The lowest BCUT2D eigenvalue weighted by Gasteiger charge is -2.48. The van der Waals surface area contributed by atoms with Crippen LogP contribution in [0, 0.1) is 11.8 Å². The van der Waals surface area contributed by atoms with Crippen molar-refractivity contribution in [3.8, 4) is 0 Å². The van der Waals surface area contributed by atoms with Crippen molar-refractivity contribution in [3.63, 3.8) is 0 Å². The van der Waals surface area contributed by atoms with E-state index >= 15 is 0 Å². The van der Waals surface area contributed by atoms with Crippen LogP contribution in [0.25, 0.3) is 0 Å². The number of fused-ring (bicyclic) bond motifs is 2. The van der Waals surface area contributed by atoms with E-state index in [4.69, 9.17) is 11.6 Å². The van der Waals surface area contributed by atoms with E-state index < -0.39 is 10.8 Å². The first-order valence-electron chi connectivity index (χ1n) is 8.60. The molecule has 3 aliphatic rings. The van der Waals surface area contributed by atoms with E-state index in [1.54, 1.807) is 5.57 Å². The topological polar surface area (TPSA) is 29.1 Å². The average molecular weight is 330 g/mol. The summed E-state index contributed by atoms with van der Waals surface area (Å²) in [5, 5.41) is 4.35. The van der Waals surface area contributed by atoms with Crippen LogP contribution in [-0.4, -0.2) is 33.7 Å². The fraction of sp³-hybridized carbons (Fsp3) is 0.882. The number of alkyl halides is 1. The Morgan fingerprint density at radius 2 is 1.95 bits per heavy atom. The highest BCUT2D eigenvalue weighted by atomic mass is 35.5. The van der Waals surface area contributed by atoms with Gasteiger partial charge in [0.05, 0.1) is 0 Å². The Morgan fingerprint density at radius 1 is 1.19 bits per heavy atom. The molecule has 1 N–H and O–H groups in total.